The number of carbonyl (C=O) groups excluding carboxylic acids is 2. The molecular formula is C18H15NO3S. The van der Waals surface area contributed by atoms with Crippen molar-refractivity contribution in [1.29, 1.82) is 0 Å². The van der Waals surface area contributed by atoms with E-state index in [1.165, 1.54) is 4.90 Å². The molecule has 1 aliphatic heterocycles. The van der Waals surface area contributed by atoms with E-state index in [9.17, 15) is 9.59 Å². The first-order chi connectivity index (χ1) is 11.1. The Balaban J connectivity index is 1.87. The molecule has 2 aromatic rings. The van der Waals surface area contributed by atoms with E-state index >= 15 is 0 Å². The van der Waals surface area contributed by atoms with E-state index in [1.54, 1.807) is 36.6 Å². The molecule has 0 aliphatic carbocycles. The molecule has 3 rings (SSSR count). The highest BCUT2D eigenvalue weighted by atomic mass is 32.2. The Hall–Kier alpha value is -2.53. The number of anilines is 1. The van der Waals surface area contributed by atoms with Crippen molar-refractivity contribution >= 4 is 34.7 Å². The molecule has 116 valence electrons. The average molecular weight is 325 g/mol. The summed E-state index contributed by atoms with van der Waals surface area (Å²) in [5.74, 6) is 0.396. The Morgan fingerprint density at radius 2 is 1.96 bits per heavy atom. The minimum Gasteiger partial charge on any atom is -0.465 e. The minimum atomic E-state index is -0.294. The third kappa shape index (κ3) is 3.00. The Kier molecular flexibility index (Phi) is 4.21. The van der Waals surface area contributed by atoms with Crippen LogP contribution in [-0.2, 0) is 4.79 Å². The molecule has 1 saturated heterocycles. The molecule has 23 heavy (non-hydrogen) atoms. The lowest BCUT2D eigenvalue weighted by molar-refractivity contribution is -0.113. The van der Waals surface area contributed by atoms with Gasteiger partial charge in [-0.2, -0.15) is 0 Å². The van der Waals surface area contributed by atoms with Crippen LogP contribution in [0.2, 0.25) is 0 Å². The first-order valence-corrected chi connectivity index (χ1v) is 7.94. The Morgan fingerprint density at radius 1 is 1.13 bits per heavy atom. The van der Waals surface area contributed by atoms with Crippen molar-refractivity contribution in [2.24, 2.45) is 0 Å². The molecule has 1 aromatic carbocycles. The minimum absolute atomic E-state index is 0.277. The van der Waals surface area contributed by atoms with Gasteiger partial charge in [-0.3, -0.25) is 9.59 Å². The summed E-state index contributed by atoms with van der Waals surface area (Å²) < 4.78 is 5.18. The zero-order valence-electron chi connectivity index (χ0n) is 12.8. The summed E-state index contributed by atoms with van der Waals surface area (Å²) in [5, 5.41) is -0.277. The monoisotopic (exact) mass is 325 g/mol. The van der Waals surface area contributed by atoms with Crippen LogP contribution in [-0.4, -0.2) is 11.1 Å². The fourth-order valence-electron chi connectivity index (χ4n) is 2.28. The Labute approximate surface area is 138 Å². The Morgan fingerprint density at radius 3 is 2.70 bits per heavy atom. The van der Waals surface area contributed by atoms with E-state index < -0.39 is 0 Å². The lowest BCUT2D eigenvalue weighted by atomic mass is 10.1. The molecule has 2 heterocycles. The predicted octanol–water partition coefficient (Wildman–Crippen LogP) is 4.69. The number of amides is 2. The number of aryl methyl sites for hydroxylation is 1. The van der Waals surface area contributed by atoms with Gasteiger partial charge in [0.15, 0.2) is 0 Å². The van der Waals surface area contributed by atoms with Gasteiger partial charge >= 0.3 is 0 Å². The first kappa shape index (κ1) is 15.4. The zero-order valence-corrected chi connectivity index (χ0v) is 13.6. The highest BCUT2D eigenvalue weighted by molar-refractivity contribution is 8.18. The van der Waals surface area contributed by atoms with Crippen LogP contribution in [0.1, 0.15) is 16.9 Å². The van der Waals surface area contributed by atoms with Gasteiger partial charge in [-0.25, -0.2) is 4.90 Å². The predicted molar refractivity (Wildman–Crippen MR) is 92.2 cm³/mol. The number of hydrogen-bond donors (Lipinski definition) is 0. The fraction of sp³-hybridized carbons (Fsp3) is 0.111. The normalized spacial score (nSPS) is 17.0. The lowest BCUT2D eigenvalue weighted by Crippen LogP contribution is -2.28. The summed E-state index contributed by atoms with van der Waals surface area (Å²) in [6, 6.07) is 9.20. The Bertz CT molecular complexity index is 819. The maximum Gasteiger partial charge on any atom is 0.298 e. The molecular weight excluding hydrogens is 310 g/mol. The van der Waals surface area contributed by atoms with Crippen LogP contribution < -0.4 is 4.90 Å². The number of nitrogens with zero attached hydrogens (tertiary/aromatic N) is 1. The summed E-state index contributed by atoms with van der Waals surface area (Å²) in [7, 11) is 0. The second-order valence-electron chi connectivity index (χ2n) is 5.13. The number of furan rings is 1. The van der Waals surface area contributed by atoms with Gasteiger partial charge in [-0.05, 0) is 67.1 Å². The molecule has 0 N–H and O–H groups in total. The van der Waals surface area contributed by atoms with E-state index in [4.69, 9.17) is 4.42 Å². The van der Waals surface area contributed by atoms with Gasteiger partial charge in [-0.1, -0.05) is 18.2 Å². The van der Waals surface area contributed by atoms with Crippen LogP contribution in [0.5, 0.6) is 0 Å². The van der Waals surface area contributed by atoms with Crippen molar-refractivity contribution < 1.29 is 14.0 Å². The van der Waals surface area contributed by atoms with Crippen molar-refractivity contribution in [3.63, 3.8) is 0 Å². The third-order valence-electron chi connectivity index (χ3n) is 3.66. The molecule has 0 radical (unpaired) electrons. The summed E-state index contributed by atoms with van der Waals surface area (Å²) in [5.41, 5.74) is 2.62. The summed E-state index contributed by atoms with van der Waals surface area (Å²) in [4.78, 5) is 26.4. The smallest absolute Gasteiger partial charge is 0.298 e. The van der Waals surface area contributed by atoms with E-state index in [2.05, 4.69) is 0 Å². The van der Waals surface area contributed by atoms with E-state index in [1.807, 2.05) is 32.0 Å². The standard InChI is InChI=1S/C18H15NO3S/c1-12-6-3-9-15(13(12)2)19-17(20)16(23-18(19)21)10-4-7-14-8-5-11-22-14/h3-11H,1-2H3. The SMILES string of the molecule is Cc1cccc(N2C(=O)SC(=CC=Cc3ccco3)C2=O)c1C. The summed E-state index contributed by atoms with van der Waals surface area (Å²) in [6.45, 7) is 3.87. The van der Waals surface area contributed by atoms with Crippen molar-refractivity contribution in [3.8, 4) is 0 Å². The van der Waals surface area contributed by atoms with Gasteiger partial charge < -0.3 is 4.42 Å². The van der Waals surface area contributed by atoms with Crippen LogP contribution in [0.4, 0.5) is 10.5 Å². The van der Waals surface area contributed by atoms with Crippen LogP contribution >= 0.6 is 11.8 Å². The second-order valence-corrected chi connectivity index (χ2v) is 6.13. The molecule has 2 amide bonds. The topological polar surface area (TPSA) is 50.5 Å². The summed E-state index contributed by atoms with van der Waals surface area (Å²) in [6.07, 6.45) is 6.66. The van der Waals surface area contributed by atoms with Crippen LogP contribution in [0.15, 0.2) is 58.1 Å². The summed E-state index contributed by atoms with van der Waals surface area (Å²) >= 11 is 0.945. The molecule has 0 unspecified atom stereocenters. The maximum atomic E-state index is 12.5. The van der Waals surface area contributed by atoms with Crippen LogP contribution in [0.3, 0.4) is 0 Å². The molecule has 4 nitrogen and oxygen atoms in total. The maximum absolute atomic E-state index is 12.5. The zero-order chi connectivity index (χ0) is 16.4. The number of rotatable bonds is 3. The third-order valence-corrected chi connectivity index (χ3v) is 4.55. The quantitative estimate of drug-likeness (QED) is 0.768. The molecule has 1 aromatic heterocycles. The van der Waals surface area contributed by atoms with E-state index in [0.717, 1.165) is 22.9 Å². The molecule has 5 heteroatoms. The fourth-order valence-corrected chi connectivity index (χ4v) is 3.07. The van der Waals surface area contributed by atoms with Crippen molar-refractivity contribution in [2.75, 3.05) is 4.90 Å². The molecule has 0 atom stereocenters. The van der Waals surface area contributed by atoms with Crippen LogP contribution in [0.25, 0.3) is 6.08 Å². The average Bonchev–Trinajstić information content (AvgIpc) is 3.12. The van der Waals surface area contributed by atoms with Crippen LogP contribution in [0, 0.1) is 13.8 Å². The number of imide groups is 1. The largest absolute Gasteiger partial charge is 0.465 e. The van der Waals surface area contributed by atoms with E-state index in [0.29, 0.717) is 16.4 Å². The van der Waals surface area contributed by atoms with Crippen molar-refractivity contribution in [2.45, 2.75) is 13.8 Å². The molecule has 1 fully saturated rings. The molecule has 1 aliphatic rings. The van der Waals surface area contributed by atoms with Gasteiger partial charge in [0.2, 0.25) is 0 Å². The lowest BCUT2D eigenvalue weighted by Gasteiger charge is -2.16. The van der Waals surface area contributed by atoms with Gasteiger partial charge in [0.05, 0.1) is 16.9 Å². The number of benzene rings is 1. The number of carbonyl (C=O) groups is 2. The van der Waals surface area contributed by atoms with E-state index in [-0.39, 0.29) is 11.1 Å². The highest BCUT2D eigenvalue weighted by Crippen LogP contribution is 2.36. The second kappa shape index (κ2) is 6.30. The first-order valence-electron chi connectivity index (χ1n) is 7.12. The van der Waals surface area contributed by atoms with Gasteiger partial charge in [0, 0.05) is 0 Å². The highest BCUT2D eigenvalue weighted by Gasteiger charge is 2.36. The van der Waals surface area contributed by atoms with Crippen molar-refractivity contribution in [3.05, 3.63) is 70.5 Å². The number of hydrogen-bond acceptors (Lipinski definition) is 4. The number of thioether (sulfide) groups is 1. The van der Waals surface area contributed by atoms with Crippen molar-refractivity contribution in [1.82, 2.24) is 0 Å². The van der Waals surface area contributed by atoms with Gasteiger partial charge in [0.1, 0.15) is 5.76 Å². The molecule has 0 saturated carbocycles. The molecule has 0 spiro atoms. The molecule has 0 bridgehead atoms. The van der Waals surface area contributed by atoms with Gasteiger partial charge in [0.25, 0.3) is 11.1 Å². The number of allylic oxidation sites excluding steroid dienone is 2. The van der Waals surface area contributed by atoms with Gasteiger partial charge in [-0.15, -0.1) is 0 Å².